The first-order chi connectivity index (χ1) is 8.33. The maximum Gasteiger partial charge on any atom is 0.341 e. The molecule has 4 nitrogen and oxygen atoms in total. The lowest BCUT2D eigenvalue weighted by atomic mass is 10.2. The molecule has 0 bridgehead atoms. The molecule has 0 radical (unpaired) electrons. The zero-order chi connectivity index (χ0) is 12.7. The van der Waals surface area contributed by atoms with Crippen molar-refractivity contribution in [2.24, 2.45) is 0 Å². The van der Waals surface area contributed by atoms with E-state index in [2.05, 4.69) is 9.88 Å². The highest BCUT2D eigenvalue weighted by Gasteiger charge is 2.20. The van der Waals surface area contributed by atoms with E-state index >= 15 is 0 Å². The Morgan fingerprint density at radius 3 is 2.59 bits per heavy atom. The summed E-state index contributed by atoms with van der Waals surface area (Å²) in [5, 5.41) is 0. The van der Waals surface area contributed by atoms with Gasteiger partial charge in [0.25, 0.3) is 0 Å². The predicted molar refractivity (Wildman–Crippen MR) is 68.4 cm³/mol. The van der Waals surface area contributed by atoms with Gasteiger partial charge in [0.1, 0.15) is 11.4 Å². The lowest BCUT2D eigenvalue weighted by Gasteiger charge is -2.18. The number of methoxy groups -OCH3 is 1. The number of carbonyl (C=O) groups is 1. The van der Waals surface area contributed by atoms with Crippen LogP contribution >= 0.6 is 0 Å². The van der Waals surface area contributed by atoms with Gasteiger partial charge >= 0.3 is 5.97 Å². The van der Waals surface area contributed by atoms with Crippen LogP contribution in [-0.2, 0) is 4.74 Å². The van der Waals surface area contributed by atoms with E-state index in [1.807, 2.05) is 13.8 Å². The Morgan fingerprint density at radius 1 is 1.35 bits per heavy atom. The first-order valence-electron chi connectivity index (χ1n) is 6.11. The molecule has 94 valence electrons. The smallest absolute Gasteiger partial charge is 0.341 e. The molecule has 2 heterocycles. The topological polar surface area (TPSA) is 42.4 Å². The van der Waals surface area contributed by atoms with E-state index < -0.39 is 0 Å². The summed E-state index contributed by atoms with van der Waals surface area (Å²) in [7, 11) is 1.39. The number of nitrogens with zero attached hydrogens (tertiary/aromatic N) is 2. The van der Waals surface area contributed by atoms with E-state index in [4.69, 9.17) is 4.74 Å². The van der Waals surface area contributed by atoms with Gasteiger partial charge in [0, 0.05) is 19.3 Å². The maximum atomic E-state index is 11.5. The first kappa shape index (κ1) is 13.5. The van der Waals surface area contributed by atoms with Gasteiger partial charge in [-0.1, -0.05) is 13.8 Å². The van der Waals surface area contributed by atoms with E-state index in [1.54, 1.807) is 18.3 Å². The number of hydrogen-bond donors (Lipinski definition) is 0. The van der Waals surface area contributed by atoms with Crippen molar-refractivity contribution in [3.8, 4) is 0 Å². The SMILES string of the molecule is CC.COC(=O)c1cccnc1N1CCCC1. The summed E-state index contributed by atoms with van der Waals surface area (Å²) in [5.41, 5.74) is 0.557. The number of rotatable bonds is 2. The van der Waals surface area contributed by atoms with Gasteiger partial charge in [0.05, 0.1) is 7.11 Å². The molecule has 0 N–H and O–H groups in total. The average Bonchev–Trinajstić information content (AvgIpc) is 2.94. The van der Waals surface area contributed by atoms with Crippen molar-refractivity contribution in [3.05, 3.63) is 23.9 Å². The second-order valence-electron chi connectivity index (χ2n) is 3.56. The summed E-state index contributed by atoms with van der Waals surface area (Å²) < 4.78 is 4.73. The van der Waals surface area contributed by atoms with Gasteiger partial charge in [-0.15, -0.1) is 0 Å². The van der Waals surface area contributed by atoms with Gasteiger partial charge < -0.3 is 9.64 Å². The van der Waals surface area contributed by atoms with Crippen LogP contribution in [-0.4, -0.2) is 31.2 Å². The van der Waals surface area contributed by atoms with Crippen LogP contribution in [0.25, 0.3) is 0 Å². The molecule has 0 spiro atoms. The molecule has 1 aliphatic rings. The van der Waals surface area contributed by atoms with Crippen molar-refractivity contribution in [2.75, 3.05) is 25.1 Å². The molecule has 4 heteroatoms. The monoisotopic (exact) mass is 236 g/mol. The van der Waals surface area contributed by atoms with Gasteiger partial charge in [-0.05, 0) is 25.0 Å². The molecule has 1 saturated heterocycles. The van der Waals surface area contributed by atoms with Crippen molar-refractivity contribution in [3.63, 3.8) is 0 Å². The zero-order valence-electron chi connectivity index (χ0n) is 10.8. The third kappa shape index (κ3) is 3.19. The van der Waals surface area contributed by atoms with E-state index in [-0.39, 0.29) is 5.97 Å². The van der Waals surface area contributed by atoms with Gasteiger partial charge in [-0.25, -0.2) is 9.78 Å². The van der Waals surface area contributed by atoms with E-state index in [0.717, 1.165) is 31.7 Å². The highest BCUT2D eigenvalue weighted by Crippen LogP contribution is 2.22. The van der Waals surface area contributed by atoms with Crippen LogP contribution in [0.2, 0.25) is 0 Å². The number of ether oxygens (including phenoxy) is 1. The minimum absolute atomic E-state index is 0.315. The molecule has 0 aromatic carbocycles. The minimum Gasteiger partial charge on any atom is -0.465 e. The molecule has 17 heavy (non-hydrogen) atoms. The number of anilines is 1. The van der Waals surface area contributed by atoms with Crippen molar-refractivity contribution < 1.29 is 9.53 Å². The average molecular weight is 236 g/mol. The Morgan fingerprint density at radius 2 is 2.00 bits per heavy atom. The highest BCUT2D eigenvalue weighted by atomic mass is 16.5. The first-order valence-corrected chi connectivity index (χ1v) is 6.11. The molecular weight excluding hydrogens is 216 g/mol. The van der Waals surface area contributed by atoms with E-state index in [0.29, 0.717) is 5.56 Å². The second-order valence-corrected chi connectivity index (χ2v) is 3.56. The fourth-order valence-electron chi connectivity index (χ4n) is 1.85. The van der Waals surface area contributed by atoms with Crippen LogP contribution in [0, 0.1) is 0 Å². The molecule has 1 aliphatic heterocycles. The van der Waals surface area contributed by atoms with Gasteiger partial charge in [-0.2, -0.15) is 0 Å². The van der Waals surface area contributed by atoms with Crippen LogP contribution in [0.4, 0.5) is 5.82 Å². The minimum atomic E-state index is -0.315. The fraction of sp³-hybridized carbons (Fsp3) is 0.538. The Kier molecular flexibility index (Phi) is 5.46. The Labute approximate surface area is 103 Å². The zero-order valence-corrected chi connectivity index (χ0v) is 10.8. The maximum absolute atomic E-state index is 11.5. The molecule has 1 fully saturated rings. The van der Waals surface area contributed by atoms with Crippen molar-refractivity contribution in [1.82, 2.24) is 4.98 Å². The predicted octanol–water partition coefficient (Wildman–Crippen LogP) is 2.49. The summed E-state index contributed by atoms with van der Waals surface area (Å²) in [6.07, 6.45) is 4.04. The molecule has 1 aromatic rings. The summed E-state index contributed by atoms with van der Waals surface area (Å²) in [4.78, 5) is 17.9. The summed E-state index contributed by atoms with van der Waals surface area (Å²) in [6, 6.07) is 3.51. The van der Waals surface area contributed by atoms with Crippen molar-refractivity contribution in [2.45, 2.75) is 26.7 Å². The quantitative estimate of drug-likeness (QED) is 0.740. The lowest BCUT2D eigenvalue weighted by Crippen LogP contribution is -2.22. The molecule has 1 aromatic heterocycles. The van der Waals surface area contributed by atoms with Crippen LogP contribution in [0.1, 0.15) is 37.0 Å². The molecule has 0 unspecified atom stereocenters. The molecule has 0 amide bonds. The van der Waals surface area contributed by atoms with Gasteiger partial charge in [0.2, 0.25) is 0 Å². The Balaban J connectivity index is 0.000000686. The third-order valence-corrected chi connectivity index (χ3v) is 2.60. The third-order valence-electron chi connectivity index (χ3n) is 2.60. The molecule has 0 saturated carbocycles. The molecule has 0 atom stereocenters. The highest BCUT2D eigenvalue weighted by molar-refractivity contribution is 5.94. The van der Waals surface area contributed by atoms with E-state index in [9.17, 15) is 4.79 Å². The number of esters is 1. The number of pyridine rings is 1. The van der Waals surface area contributed by atoms with Crippen LogP contribution in [0.3, 0.4) is 0 Å². The Hall–Kier alpha value is -1.58. The summed E-state index contributed by atoms with van der Waals surface area (Å²) >= 11 is 0. The van der Waals surface area contributed by atoms with Crippen LogP contribution < -0.4 is 4.90 Å². The number of hydrogen-bond acceptors (Lipinski definition) is 4. The van der Waals surface area contributed by atoms with Crippen molar-refractivity contribution in [1.29, 1.82) is 0 Å². The standard InChI is InChI=1S/C11H14N2O2.C2H6/c1-15-11(14)9-5-4-6-12-10(9)13-7-2-3-8-13;1-2/h4-6H,2-3,7-8H2,1H3;1-2H3. The lowest BCUT2D eigenvalue weighted by molar-refractivity contribution is 0.0601. The Bertz CT molecular complexity index is 360. The number of aromatic nitrogens is 1. The summed E-state index contributed by atoms with van der Waals surface area (Å²) in [5.74, 6) is 0.437. The van der Waals surface area contributed by atoms with Gasteiger partial charge in [-0.3, -0.25) is 0 Å². The largest absolute Gasteiger partial charge is 0.465 e. The molecular formula is C13H20N2O2. The van der Waals surface area contributed by atoms with Crippen LogP contribution in [0.5, 0.6) is 0 Å². The van der Waals surface area contributed by atoms with Crippen molar-refractivity contribution >= 4 is 11.8 Å². The van der Waals surface area contributed by atoms with E-state index in [1.165, 1.54) is 7.11 Å². The normalized spacial score (nSPS) is 13.9. The molecule has 0 aliphatic carbocycles. The number of carbonyl (C=O) groups excluding carboxylic acids is 1. The second kappa shape index (κ2) is 6.89. The van der Waals surface area contributed by atoms with Gasteiger partial charge in [0.15, 0.2) is 0 Å². The molecule has 2 rings (SSSR count). The van der Waals surface area contributed by atoms with Crippen LogP contribution in [0.15, 0.2) is 18.3 Å². The summed E-state index contributed by atoms with van der Waals surface area (Å²) in [6.45, 7) is 5.95. The fourth-order valence-corrected chi connectivity index (χ4v) is 1.85.